The fourth-order valence-corrected chi connectivity index (χ4v) is 1.37. The third kappa shape index (κ3) is 2.68. The first-order valence-electron chi connectivity index (χ1n) is 4.47. The second-order valence-corrected chi connectivity index (χ2v) is 3.49. The molecule has 0 saturated heterocycles. The molecule has 0 spiro atoms. The predicted octanol–water partition coefficient (Wildman–Crippen LogP) is 2.20. The molecule has 1 rings (SSSR count). The van der Waals surface area contributed by atoms with Gasteiger partial charge in [-0.15, -0.1) is 11.6 Å². The molecule has 0 bridgehead atoms. The van der Waals surface area contributed by atoms with Crippen molar-refractivity contribution in [3.8, 4) is 0 Å². The summed E-state index contributed by atoms with van der Waals surface area (Å²) >= 11 is 5.36. The molecule has 6 heteroatoms. The Balaban J connectivity index is 3.21. The van der Waals surface area contributed by atoms with Crippen LogP contribution in [0, 0.1) is 11.6 Å². The first-order chi connectivity index (χ1) is 7.47. The number of alkyl halides is 1. The van der Waals surface area contributed by atoms with Gasteiger partial charge in [-0.3, -0.25) is 4.79 Å². The minimum absolute atomic E-state index is 0.153. The van der Waals surface area contributed by atoms with Crippen LogP contribution in [0.5, 0.6) is 0 Å². The third-order valence-corrected chi connectivity index (χ3v) is 2.22. The van der Waals surface area contributed by atoms with Gasteiger partial charge in [0.15, 0.2) is 5.82 Å². The quantitative estimate of drug-likeness (QED) is 0.807. The van der Waals surface area contributed by atoms with Crippen LogP contribution in [0.1, 0.15) is 18.6 Å². The number of benzene rings is 1. The van der Waals surface area contributed by atoms with Crippen molar-refractivity contribution >= 4 is 23.2 Å². The van der Waals surface area contributed by atoms with Gasteiger partial charge < -0.3 is 10.4 Å². The molecule has 1 aromatic rings. The minimum Gasteiger partial charge on any atom is -0.387 e. The Morgan fingerprint density at radius 2 is 2.19 bits per heavy atom. The molecule has 1 atom stereocenters. The zero-order valence-corrected chi connectivity index (χ0v) is 9.18. The van der Waals surface area contributed by atoms with Crippen LogP contribution in [0.2, 0.25) is 0 Å². The molecule has 2 N–H and O–H groups in total. The Bertz CT molecular complexity index is 412. The Labute approximate surface area is 96.0 Å². The lowest BCUT2D eigenvalue weighted by Gasteiger charge is -2.12. The van der Waals surface area contributed by atoms with Gasteiger partial charge in [-0.2, -0.15) is 0 Å². The van der Waals surface area contributed by atoms with E-state index in [0.29, 0.717) is 0 Å². The second kappa shape index (κ2) is 5.23. The molecule has 16 heavy (non-hydrogen) atoms. The van der Waals surface area contributed by atoms with Crippen molar-refractivity contribution < 1.29 is 18.7 Å². The number of rotatable bonds is 3. The monoisotopic (exact) mass is 249 g/mol. The number of hydrogen-bond donors (Lipinski definition) is 2. The van der Waals surface area contributed by atoms with Crippen molar-refractivity contribution in [3.05, 3.63) is 29.3 Å². The molecule has 0 saturated carbocycles. The van der Waals surface area contributed by atoms with Gasteiger partial charge in [0.1, 0.15) is 11.5 Å². The van der Waals surface area contributed by atoms with Crippen molar-refractivity contribution in [2.45, 2.75) is 13.0 Å². The molecule has 1 aromatic carbocycles. The highest BCUT2D eigenvalue weighted by Crippen LogP contribution is 2.26. The highest BCUT2D eigenvalue weighted by molar-refractivity contribution is 6.18. The van der Waals surface area contributed by atoms with Crippen LogP contribution in [0.4, 0.5) is 14.5 Å². The molecular weight excluding hydrogens is 240 g/mol. The van der Waals surface area contributed by atoms with Crippen LogP contribution in [-0.2, 0) is 4.79 Å². The van der Waals surface area contributed by atoms with Gasteiger partial charge in [0.05, 0.1) is 12.0 Å². The van der Waals surface area contributed by atoms with E-state index < -0.39 is 29.3 Å². The van der Waals surface area contributed by atoms with Gasteiger partial charge in [-0.25, -0.2) is 8.78 Å². The molecule has 3 nitrogen and oxygen atoms in total. The lowest BCUT2D eigenvalue weighted by Crippen LogP contribution is -2.12. The second-order valence-electron chi connectivity index (χ2n) is 3.18. The normalized spacial score (nSPS) is 12.3. The van der Waals surface area contributed by atoms with Crippen molar-refractivity contribution in [2.24, 2.45) is 0 Å². The number of anilines is 1. The van der Waals surface area contributed by atoms with Crippen molar-refractivity contribution in [2.75, 3.05) is 11.2 Å². The maximum atomic E-state index is 13.7. The van der Waals surface area contributed by atoms with E-state index in [0.717, 1.165) is 19.1 Å². The highest BCUT2D eigenvalue weighted by Gasteiger charge is 2.19. The predicted molar refractivity (Wildman–Crippen MR) is 56.3 cm³/mol. The summed E-state index contributed by atoms with van der Waals surface area (Å²) in [5.41, 5.74) is -0.727. The largest absolute Gasteiger partial charge is 0.387 e. The minimum atomic E-state index is -1.24. The summed E-state index contributed by atoms with van der Waals surface area (Å²) in [6, 6.07) is 2.04. The topological polar surface area (TPSA) is 49.3 Å². The highest BCUT2D eigenvalue weighted by atomic mass is 35.5. The summed E-state index contributed by atoms with van der Waals surface area (Å²) < 4.78 is 26.8. The third-order valence-electron chi connectivity index (χ3n) is 1.93. The van der Waals surface area contributed by atoms with E-state index >= 15 is 0 Å². The van der Waals surface area contributed by atoms with Gasteiger partial charge in [-0.05, 0) is 6.07 Å². The van der Waals surface area contributed by atoms with Gasteiger partial charge >= 0.3 is 0 Å². The smallest absolute Gasteiger partial charge is 0.221 e. The van der Waals surface area contributed by atoms with Crippen molar-refractivity contribution in [1.82, 2.24) is 0 Å². The first-order valence-corrected chi connectivity index (χ1v) is 5.00. The summed E-state index contributed by atoms with van der Waals surface area (Å²) in [4.78, 5) is 10.7. The van der Waals surface area contributed by atoms with Crippen molar-refractivity contribution in [3.63, 3.8) is 0 Å². The number of hydrogen-bond acceptors (Lipinski definition) is 2. The van der Waals surface area contributed by atoms with E-state index in [1.807, 2.05) is 5.32 Å². The van der Waals surface area contributed by atoms with E-state index in [-0.39, 0.29) is 11.4 Å². The fourth-order valence-electron chi connectivity index (χ4n) is 1.20. The van der Waals surface area contributed by atoms with Crippen molar-refractivity contribution in [1.29, 1.82) is 0 Å². The first kappa shape index (κ1) is 12.9. The molecular formula is C10H10ClF2NO2. The summed E-state index contributed by atoms with van der Waals surface area (Å²) in [5, 5.41) is 11.4. The summed E-state index contributed by atoms with van der Waals surface area (Å²) in [5.74, 6) is -2.74. The number of nitrogens with one attached hydrogen (secondary N) is 1. The summed E-state index contributed by atoms with van der Waals surface area (Å²) in [7, 11) is 0. The molecule has 0 radical (unpaired) electrons. The number of aliphatic hydroxyl groups excluding tert-OH is 1. The maximum Gasteiger partial charge on any atom is 0.221 e. The number of carbonyl (C=O) groups excluding carboxylic acids is 1. The van der Waals surface area contributed by atoms with Crippen LogP contribution >= 0.6 is 11.6 Å². The molecule has 88 valence electrons. The van der Waals surface area contributed by atoms with Crippen LogP contribution in [0.25, 0.3) is 0 Å². The van der Waals surface area contributed by atoms with Gasteiger partial charge in [0, 0.05) is 12.5 Å². The standard InChI is InChI=1S/C10H10ClF2NO2/c1-5(15)14-10-7(12)3-2-6(9(10)13)8(16)4-11/h2-3,8,16H,4H2,1H3,(H,14,15). The zero-order chi connectivity index (χ0) is 12.3. The summed E-state index contributed by atoms with van der Waals surface area (Å²) in [6.45, 7) is 1.13. The zero-order valence-electron chi connectivity index (χ0n) is 8.43. The average Bonchev–Trinajstić information content (AvgIpc) is 2.23. The van der Waals surface area contributed by atoms with E-state index in [4.69, 9.17) is 11.6 Å². The van der Waals surface area contributed by atoms with E-state index in [1.165, 1.54) is 0 Å². The molecule has 0 aromatic heterocycles. The fraction of sp³-hybridized carbons (Fsp3) is 0.300. The Morgan fingerprint density at radius 3 is 2.69 bits per heavy atom. The molecule has 1 amide bonds. The molecule has 0 fully saturated rings. The summed E-state index contributed by atoms with van der Waals surface area (Å²) in [6.07, 6.45) is -1.24. The number of aliphatic hydroxyl groups is 1. The van der Waals surface area contributed by atoms with Crippen LogP contribution in [0.3, 0.4) is 0 Å². The molecule has 0 aliphatic carbocycles. The Kier molecular flexibility index (Phi) is 4.20. The number of halogens is 3. The van der Waals surface area contributed by atoms with Gasteiger partial charge in [-0.1, -0.05) is 6.07 Å². The molecule has 0 aliphatic rings. The Morgan fingerprint density at radius 1 is 1.56 bits per heavy atom. The van der Waals surface area contributed by atoms with Gasteiger partial charge in [0.25, 0.3) is 0 Å². The van der Waals surface area contributed by atoms with Crippen LogP contribution < -0.4 is 5.32 Å². The Hall–Kier alpha value is -1.20. The van der Waals surface area contributed by atoms with E-state index in [2.05, 4.69) is 0 Å². The lowest BCUT2D eigenvalue weighted by molar-refractivity contribution is -0.114. The van der Waals surface area contributed by atoms with E-state index in [9.17, 15) is 18.7 Å². The molecule has 0 heterocycles. The number of amides is 1. The molecule has 0 aliphatic heterocycles. The van der Waals surface area contributed by atoms with Crippen LogP contribution in [-0.4, -0.2) is 16.9 Å². The van der Waals surface area contributed by atoms with Gasteiger partial charge in [0.2, 0.25) is 5.91 Å². The maximum absolute atomic E-state index is 13.7. The number of carbonyl (C=O) groups is 1. The van der Waals surface area contributed by atoms with E-state index in [1.54, 1.807) is 0 Å². The SMILES string of the molecule is CC(=O)Nc1c(F)ccc(C(O)CCl)c1F. The van der Waals surface area contributed by atoms with Crippen LogP contribution in [0.15, 0.2) is 12.1 Å². The lowest BCUT2D eigenvalue weighted by atomic mass is 10.1. The average molecular weight is 250 g/mol. The molecule has 1 unspecified atom stereocenters.